The van der Waals surface area contributed by atoms with Gasteiger partial charge < -0.3 is 16.2 Å². The first-order chi connectivity index (χ1) is 10.5. The summed E-state index contributed by atoms with van der Waals surface area (Å²) < 4.78 is 0. The van der Waals surface area contributed by atoms with E-state index in [1.807, 2.05) is 31.2 Å². The van der Waals surface area contributed by atoms with Crippen molar-refractivity contribution >= 4 is 40.5 Å². The molecule has 114 valence electrons. The lowest BCUT2D eigenvalue weighted by molar-refractivity contribution is 0.0698. The van der Waals surface area contributed by atoms with Gasteiger partial charge in [0.25, 0.3) is 0 Å². The molecule has 0 aliphatic rings. The topological polar surface area (TPSA) is 87.7 Å². The zero-order valence-electron chi connectivity index (χ0n) is 12.0. The quantitative estimate of drug-likeness (QED) is 0.446. The maximum absolute atomic E-state index is 11.4. The summed E-state index contributed by atoms with van der Waals surface area (Å²) in [5, 5.41) is 12.5. The third-order valence-electron chi connectivity index (χ3n) is 2.99. The lowest BCUT2D eigenvalue weighted by atomic mass is 10.1. The first-order valence-electron chi connectivity index (χ1n) is 6.60. The summed E-state index contributed by atoms with van der Waals surface area (Å²) in [4.78, 5) is 15.6. The van der Waals surface area contributed by atoms with Gasteiger partial charge in [-0.2, -0.15) is 0 Å². The van der Waals surface area contributed by atoms with Crippen LogP contribution in [0.5, 0.6) is 0 Å². The van der Waals surface area contributed by atoms with Gasteiger partial charge >= 0.3 is 5.97 Å². The summed E-state index contributed by atoms with van der Waals surface area (Å²) >= 11 is 5.64. The van der Waals surface area contributed by atoms with Crippen LogP contribution in [0, 0.1) is 6.92 Å². The van der Waals surface area contributed by atoms with Crippen LogP contribution in [0.15, 0.2) is 47.5 Å². The summed E-state index contributed by atoms with van der Waals surface area (Å²) in [6.45, 7) is 1.98. The summed E-state index contributed by atoms with van der Waals surface area (Å²) in [5.41, 5.74) is 8.46. The first-order valence-corrected chi connectivity index (χ1v) is 7.13. The largest absolute Gasteiger partial charge is 0.478 e. The van der Waals surface area contributed by atoms with E-state index in [4.69, 9.17) is 17.3 Å². The van der Waals surface area contributed by atoms with Crippen molar-refractivity contribution in [1.82, 2.24) is 0 Å². The lowest BCUT2D eigenvalue weighted by Crippen LogP contribution is -2.12. The van der Waals surface area contributed by atoms with Crippen molar-refractivity contribution in [2.45, 2.75) is 6.92 Å². The van der Waals surface area contributed by atoms with Gasteiger partial charge in [0.2, 0.25) is 0 Å². The second-order valence-electron chi connectivity index (χ2n) is 4.73. The fourth-order valence-electron chi connectivity index (χ4n) is 1.91. The molecular formula is C16H16ClN3O2. The molecule has 0 heterocycles. The van der Waals surface area contributed by atoms with E-state index in [2.05, 4.69) is 10.3 Å². The highest BCUT2D eigenvalue weighted by atomic mass is 35.5. The molecule has 6 heteroatoms. The van der Waals surface area contributed by atoms with E-state index in [9.17, 15) is 9.90 Å². The van der Waals surface area contributed by atoms with Crippen molar-refractivity contribution < 1.29 is 9.90 Å². The lowest BCUT2D eigenvalue weighted by Gasteiger charge is -2.13. The van der Waals surface area contributed by atoms with Crippen LogP contribution in [0.1, 0.15) is 15.9 Å². The fraction of sp³-hybridized carbons (Fsp3) is 0.125. The van der Waals surface area contributed by atoms with Gasteiger partial charge in [-0.15, -0.1) is 11.6 Å². The Balaban J connectivity index is 2.50. The number of aryl methyl sites for hydroxylation is 1. The molecule has 0 atom stereocenters. The number of hydrogen-bond acceptors (Lipinski definition) is 3. The number of nitrogens with two attached hydrogens (primary N) is 1. The molecule has 5 nitrogen and oxygen atoms in total. The minimum atomic E-state index is -1.05. The zero-order chi connectivity index (χ0) is 16.1. The van der Waals surface area contributed by atoms with Crippen molar-refractivity contribution in [2.24, 2.45) is 10.7 Å². The van der Waals surface area contributed by atoms with Gasteiger partial charge in [-0.25, -0.2) is 9.79 Å². The number of nitrogens with one attached hydrogen (secondary N) is 1. The predicted octanol–water partition coefficient (Wildman–Crippen LogP) is 3.66. The number of amidine groups is 1. The van der Waals surface area contributed by atoms with E-state index in [1.54, 1.807) is 12.1 Å². The molecule has 0 aliphatic heterocycles. The van der Waals surface area contributed by atoms with Crippen LogP contribution >= 0.6 is 11.6 Å². The molecule has 0 unspecified atom stereocenters. The Morgan fingerprint density at radius 2 is 1.95 bits per heavy atom. The van der Waals surface area contributed by atoms with Crippen molar-refractivity contribution in [3.63, 3.8) is 0 Å². The molecule has 2 rings (SSSR count). The van der Waals surface area contributed by atoms with E-state index >= 15 is 0 Å². The number of rotatable bonds is 5. The van der Waals surface area contributed by atoms with Gasteiger partial charge in [-0.05, 0) is 31.2 Å². The van der Waals surface area contributed by atoms with Crippen molar-refractivity contribution in [3.05, 3.63) is 53.6 Å². The predicted molar refractivity (Wildman–Crippen MR) is 89.9 cm³/mol. The van der Waals surface area contributed by atoms with Gasteiger partial charge in [-0.3, -0.25) is 0 Å². The molecule has 0 fully saturated rings. The van der Waals surface area contributed by atoms with Crippen molar-refractivity contribution in [1.29, 1.82) is 0 Å². The molecule has 4 N–H and O–H groups in total. The molecule has 22 heavy (non-hydrogen) atoms. The third kappa shape index (κ3) is 3.77. The standard InChI is InChI=1S/C16H16ClN3O2/c1-10-5-7-11(8-6-10)19-15-12(16(21)22)3-2-4-13(15)20-14(18)9-17/h2-8,19H,9H2,1H3,(H2,18,20)(H,21,22). The molecule has 0 bridgehead atoms. The number of nitrogens with zero attached hydrogens (tertiary/aromatic N) is 1. The number of para-hydroxylation sites is 1. The van der Waals surface area contributed by atoms with Crippen LogP contribution in [0.3, 0.4) is 0 Å². The number of aromatic carboxylic acids is 1. The van der Waals surface area contributed by atoms with Crippen molar-refractivity contribution in [2.75, 3.05) is 11.2 Å². The summed E-state index contributed by atoms with van der Waals surface area (Å²) in [7, 11) is 0. The average molecular weight is 318 g/mol. The van der Waals surface area contributed by atoms with Gasteiger partial charge in [0.05, 0.1) is 22.8 Å². The maximum atomic E-state index is 11.4. The molecule has 0 spiro atoms. The third-order valence-corrected chi connectivity index (χ3v) is 3.27. The number of carboxylic acids is 1. The zero-order valence-corrected chi connectivity index (χ0v) is 12.8. The Labute approximate surface area is 133 Å². The SMILES string of the molecule is Cc1ccc(Nc2c(N=C(N)CCl)cccc2C(=O)O)cc1. The number of carboxylic acid groups (broad SMARTS) is 1. The summed E-state index contributed by atoms with van der Waals surface area (Å²) in [5.74, 6) is -0.756. The summed E-state index contributed by atoms with van der Waals surface area (Å²) in [6, 6.07) is 12.4. The molecular weight excluding hydrogens is 302 g/mol. The highest BCUT2D eigenvalue weighted by Crippen LogP contribution is 2.32. The average Bonchev–Trinajstić information content (AvgIpc) is 2.50. The second-order valence-corrected chi connectivity index (χ2v) is 5.00. The highest BCUT2D eigenvalue weighted by Gasteiger charge is 2.14. The molecule has 0 saturated carbocycles. The van der Waals surface area contributed by atoms with E-state index in [1.165, 1.54) is 6.07 Å². The monoisotopic (exact) mass is 317 g/mol. The van der Waals surface area contributed by atoms with Crippen molar-refractivity contribution in [3.8, 4) is 0 Å². The maximum Gasteiger partial charge on any atom is 0.337 e. The highest BCUT2D eigenvalue weighted by molar-refractivity contribution is 6.28. The molecule has 2 aromatic rings. The Kier molecular flexibility index (Phi) is 5.01. The number of aliphatic imine (C=N–C) groups is 1. The van der Waals surface area contributed by atoms with E-state index in [-0.39, 0.29) is 17.3 Å². The molecule has 0 aromatic heterocycles. The van der Waals surface area contributed by atoms with Crippen LogP contribution in [0.25, 0.3) is 0 Å². The van der Waals surface area contributed by atoms with Gasteiger partial charge in [-0.1, -0.05) is 23.8 Å². The number of benzene rings is 2. The fourth-order valence-corrected chi connectivity index (χ4v) is 1.97. The smallest absolute Gasteiger partial charge is 0.337 e. The number of hydrogen-bond donors (Lipinski definition) is 3. The Hall–Kier alpha value is -2.53. The first kappa shape index (κ1) is 15.9. The number of carbonyl (C=O) groups is 1. The normalized spacial score (nSPS) is 11.3. The minimum absolute atomic E-state index is 0.0707. The molecule has 0 saturated heterocycles. The van der Waals surface area contributed by atoms with Crippen LogP contribution < -0.4 is 11.1 Å². The van der Waals surface area contributed by atoms with Crippen LogP contribution in [0.4, 0.5) is 17.1 Å². The molecule has 0 aliphatic carbocycles. The van der Waals surface area contributed by atoms with Crippen LogP contribution in [-0.2, 0) is 0 Å². The molecule has 2 aromatic carbocycles. The van der Waals surface area contributed by atoms with E-state index < -0.39 is 5.97 Å². The summed E-state index contributed by atoms with van der Waals surface area (Å²) in [6.07, 6.45) is 0. The Morgan fingerprint density at radius 1 is 1.27 bits per heavy atom. The Bertz CT molecular complexity index is 712. The van der Waals surface area contributed by atoms with Crippen LogP contribution in [-0.4, -0.2) is 22.8 Å². The molecule has 0 radical (unpaired) electrons. The van der Waals surface area contributed by atoms with E-state index in [0.29, 0.717) is 11.4 Å². The molecule has 0 amide bonds. The van der Waals surface area contributed by atoms with Gasteiger partial charge in [0.1, 0.15) is 5.84 Å². The van der Waals surface area contributed by atoms with E-state index in [0.717, 1.165) is 11.3 Å². The minimum Gasteiger partial charge on any atom is -0.478 e. The van der Waals surface area contributed by atoms with Gasteiger partial charge in [0.15, 0.2) is 0 Å². The Morgan fingerprint density at radius 3 is 2.55 bits per heavy atom. The van der Waals surface area contributed by atoms with Crippen LogP contribution in [0.2, 0.25) is 0 Å². The number of anilines is 2. The van der Waals surface area contributed by atoms with Gasteiger partial charge in [0, 0.05) is 5.69 Å². The number of alkyl halides is 1. The second kappa shape index (κ2) is 6.95. The number of halogens is 1.